The van der Waals surface area contributed by atoms with Crippen molar-refractivity contribution in [2.75, 3.05) is 0 Å². The van der Waals surface area contributed by atoms with E-state index >= 15 is 0 Å². The Morgan fingerprint density at radius 1 is 1.53 bits per heavy atom. The molecule has 19 heavy (non-hydrogen) atoms. The molecule has 0 aliphatic rings. The molecule has 11 heteroatoms. The molecule has 0 atom stereocenters. The van der Waals surface area contributed by atoms with Gasteiger partial charge >= 0.3 is 12.3 Å². The standard InChI is InChI=1S/C8H5F3N2O6/c9-8(10,11)19-7-6(16)3(1-5(14)15)4(2-12-7)13(17)18/h2,16H,1H2,(H,14,15). The SMILES string of the molecule is O=C(O)Cc1c([N+](=O)[O-])cnc(OC(F)(F)F)c1O. The monoisotopic (exact) mass is 282 g/mol. The van der Waals surface area contributed by atoms with Crippen LogP contribution in [0.25, 0.3) is 0 Å². The second kappa shape index (κ2) is 4.96. The molecule has 0 aliphatic carbocycles. The summed E-state index contributed by atoms with van der Waals surface area (Å²) in [6, 6.07) is 0. The first-order chi connectivity index (χ1) is 8.61. The lowest BCUT2D eigenvalue weighted by Crippen LogP contribution is -2.18. The number of hydrogen-bond donors (Lipinski definition) is 2. The van der Waals surface area contributed by atoms with E-state index in [4.69, 9.17) is 5.11 Å². The molecule has 1 heterocycles. The Morgan fingerprint density at radius 3 is 2.53 bits per heavy atom. The molecule has 1 rings (SSSR count). The summed E-state index contributed by atoms with van der Waals surface area (Å²) in [6.45, 7) is 0. The smallest absolute Gasteiger partial charge is 0.503 e. The number of carbonyl (C=O) groups is 1. The van der Waals surface area contributed by atoms with Crippen LogP contribution < -0.4 is 4.74 Å². The Hall–Kier alpha value is -2.59. The Kier molecular flexibility index (Phi) is 3.77. The number of aliphatic carboxylic acids is 1. The van der Waals surface area contributed by atoms with Crippen LogP contribution in [0.3, 0.4) is 0 Å². The van der Waals surface area contributed by atoms with E-state index in [0.29, 0.717) is 6.20 Å². The van der Waals surface area contributed by atoms with Crippen LogP contribution in [0.1, 0.15) is 5.56 Å². The molecular formula is C8H5F3N2O6. The van der Waals surface area contributed by atoms with E-state index < -0.39 is 46.6 Å². The minimum absolute atomic E-state index is 0.374. The first-order valence-electron chi connectivity index (χ1n) is 4.44. The molecule has 0 radical (unpaired) electrons. The highest BCUT2D eigenvalue weighted by atomic mass is 19.4. The zero-order valence-electron chi connectivity index (χ0n) is 8.84. The number of carboxylic acids is 1. The maximum atomic E-state index is 12.0. The summed E-state index contributed by atoms with van der Waals surface area (Å²) >= 11 is 0. The number of carboxylic acid groups (broad SMARTS) is 1. The quantitative estimate of drug-likeness (QED) is 0.628. The predicted octanol–water partition coefficient (Wildman–Crippen LogP) is 1.22. The van der Waals surface area contributed by atoms with Gasteiger partial charge in [0.05, 0.1) is 16.9 Å². The normalized spacial score (nSPS) is 11.1. The highest BCUT2D eigenvalue weighted by molar-refractivity contribution is 5.74. The lowest BCUT2D eigenvalue weighted by atomic mass is 10.1. The highest BCUT2D eigenvalue weighted by Gasteiger charge is 2.35. The molecule has 0 aliphatic heterocycles. The van der Waals surface area contributed by atoms with E-state index in [1.807, 2.05) is 0 Å². The average Bonchev–Trinajstić information content (AvgIpc) is 2.21. The van der Waals surface area contributed by atoms with Gasteiger partial charge < -0.3 is 14.9 Å². The van der Waals surface area contributed by atoms with Crippen LogP contribution in [0.5, 0.6) is 11.6 Å². The van der Waals surface area contributed by atoms with E-state index in [0.717, 1.165) is 0 Å². The third kappa shape index (κ3) is 3.69. The van der Waals surface area contributed by atoms with Crippen molar-refractivity contribution in [3.63, 3.8) is 0 Å². The number of pyridine rings is 1. The average molecular weight is 282 g/mol. The third-order valence-corrected chi connectivity index (χ3v) is 1.84. The van der Waals surface area contributed by atoms with Gasteiger partial charge in [-0.15, -0.1) is 13.2 Å². The fraction of sp³-hybridized carbons (Fsp3) is 0.250. The molecule has 1 aromatic rings. The van der Waals surface area contributed by atoms with Crippen molar-refractivity contribution in [1.29, 1.82) is 0 Å². The summed E-state index contributed by atoms with van der Waals surface area (Å²) in [5.74, 6) is -4.27. The number of nitro groups is 1. The minimum Gasteiger partial charge on any atom is -0.503 e. The summed E-state index contributed by atoms with van der Waals surface area (Å²) in [5.41, 5.74) is -1.75. The minimum atomic E-state index is -5.18. The summed E-state index contributed by atoms with van der Waals surface area (Å²) in [7, 11) is 0. The molecule has 0 unspecified atom stereocenters. The van der Waals surface area contributed by atoms with Crippen LogP contribution in [0, 0.1) is 10.1 Å². The van der Waals surface area contributed by atoms with Crippen molar-refractivity contribution in [3.8, 4) is 11.6 Å². The van der Waals surface area contributed by atoms with Gasteiger partial charge in [0.2, 0.25) is 0 Å². The molecule has 2 N–H and O–H groups in total. The molecule has 0 amide bonds. The predicted molar refractivity (Wildman–Crippen MR) is 50.6 cm³/mol. The zero-order valence-corrected chi connectivity index (χ0v) is 8.84. The van der Waals surface area contributed by atoms with Gasteiger partial charge in [0.25, 0.3) is 11.6 Å². The van der Waals surface area contributed by atoms with Crippen molar-refractivity contribution in [2.45, 2.75) is 12.8 Å². The van der Waals surface area contributed by atoms with Gasteiger partial charge in [-0.3, -0.25) is 14.9 Å². The molecule has 1 aromatic heterocycles. The van der Waals surface area contributed by atoms with E-state index in [9.17, 15) is 33.2 Å². The Balaban J connectivity index is 3.33. The molecule has 0 fully saturated rings. The number of hydrogen-bond acceptors (Lipinski definition) is 6. The maximum Gasteiger partial charge on any atom is 0.574 e. The van der Waals surface area contributed by atoms with Crippen LogP contribution in [-0.2, 0) is 11.2 Å². The fourth-order valence-electron chi connectivity index (χ4n) is 1.18. The Labute approximate surface area is 102 Å². The van der Waals surface area contributed by atoms with Gasteiger partial charge in [-0.25, -0.2) is 4.98 Å². The lowest BCUT2D eigenvalue weighted by molar-refractivity contribution is -0.386. The Morgan fingerprint density at radius 2 is 2.11 bits per heavy atom. The first-order valence-corrected chi connectivity index (χ1v) is 4.44. The van der Waals surface area contributed by atoms with Gasteiger partial charge in [0, 0.05) is 0 Å². The van der Waals surface area contributed by atoms with Crippen LogP contribution in [0.4, 0.5) is 18.9 Å². The number of rotatable bonds is 4. The van der Waals surface area contributed by atoms with Crippen molar-refractivity contribution >= 4 is 11.7 Å². The van der Waals surface area contributed by atoms with Gasteiger partial charge in [-0.05, 0) is 0 Å². The molecule has 0 saturated carbocycles. The number of aromatic hydroxyl groups is 1. The zero-order chi connectivity index (χ0) is 14.8. The number of aromatic nitrogens is 1. The fourth-order valence-corrected chi connectivity index (χ4v) is 1.18. The summed E-state index contributed by atoms with van der Waals surface area (Å²) in [4.78, 5) is 22.9. The number of halogens is 3. The summed E-state index contributed by atoms with van der Waals surface area (Å²) in [6.07, 6.45) is -5.86. The summed E-state index contributed by atoms with van der Waals surface area (Å²) in [5, 5.41) is 28.4. The lowest BCUT2D eigenvalue weighted by Gasteiger charge is -2.11. The van der Waals surface area contributed by atoms with Crippen molar-refractivity contribution in [1.82, 2.24) is 4.98 Å². The largest absolute Gasteiger partial charge is 0.574 e. The van der Waals surface area contributed by atoms with Crippen LogP contribution in [0.2, 0.25) is 0 Å². The van der Waals surface area contributed by atoms with E-state index in [1.54, 1.807) is 0 Å². The number of alkyl halides is 3. The number of nitrogens with zero attached hydrogens (tertiary/aromatic N) is 2. The first kappa shape index (κ1) is 14.5. The van der Waals surface area contributed by atoms with Crippen molar-refractivity contribution in [3.05, 3.63) is 21.9 Å². The Bertz CT molecular complexity index is 530. The van der Waals surface area contributed by atoms with E-state index in [2.05, 4.69) is 9.72 Å². The van der Waals surface area contributed by atoms with Crippen LogP contribution in [0.15, 0.2) is 6.20 Å². The van der Waals surface area contributed by atoms with Crippen LogP contribution >= 0.6 is 0 Å². The van der Waals surface area contributed by atoms with E-state index in [1.165, 1.54) is 0 Å². The van der Waals surface area contributed by atoms with Gasteiger partial charge in [-0.2, -0.15) is 0 Å². The van der Waals surface area contributed by atoms with Gasteiger partial charge in [-0.1, -0.05) is 0 Å². The van der Waals surface area contributed by atoms with Crippen LogP contribution in [-0.4, -0.2) is 32.5 Å². The summed E-state index contributed by atoms with van der Waals surface area (Å²) < 4.78 is 39.2. The second-order valence-corrected chi connectivity index (χ2v) is 3.15. The molecule has 8 nitrogen and oxygen atoms in total. The molecule has 0 spiro atoms. The third-order valence-electron chi connectivity index (χ3n) is 1.84. The van der Waals surface area contributed by atoms with Gasteiger partial charge in [0.15, 0.2) is 5.75 Å². The highest BCUT2D eigenvalue weighted by Crippen LogP contribution is 2.36. The van der Waals surface area contributed by atoms with Crippen molar-refractivity contribution in [2.24, 2.45) is 0 Å². The second-order valence-electron chi connectivity index (χ2n) is 3.15. The number of ether oxygens (including phenoxy) is 1. The topological polar surface area (TPSA) is 123 Å². The van der Waals surface area contributed by atoms with Crippen molar-refractivity contribution < 1.29 is 37.8 Å². The molecule has 0 bridgehead atoms. The van der Waals surface area contributed by atoms with Gasteiger partial charge in [0.1, 0.15) is 6.20 Å². The maximum absolute atomic E-state index is 12.0. The molecule has 0 saturated heterocycles. The molecule has 0 aromatic carbocycles. The van der Waals surface area contributed by atoms with E-state index in [-0.39, 0.29) is 0 Å². The molecule has 104 valence electrons. The molecular weight excluding hydrogens is 277 g/mol.